The third kappa shape index (κ3) is 5.54. The number of hydrogen-bond acceptors (Lipinski definition) is 3. The number of likely N-dealkylation sites (tertiary alicyclic amines) is 1. The average molecular weight is 425 g/mol. The molecule has 1 aromatic rings. The Morgan fingerprint density at radius 2 is 1.79 bits per heavy atom. The molecule has 2 heterocycles. The predicted octanol–water partition coefficient (Wildman–Crippen LogP) is 3.49. The molecule has 2 amide bonds. The molecule has 1 saturated carbocycles. The normalized spacial score (nSPS) is 20.2. The Morgan fingerprint density at radius 3 is 2.48 bits per heavy atom. The first-order valence-corrected chi connectivity index (χ1v) is 11.0. The van der Waals surface area contributed by atoms with Crippen LogP contribution in [0.5, 0.6) is 0 Å². The van der Waals surface area contributed by atoms with Gasteiger partial charge in [0.15, 0.2) is 0 Å². The fourth-order valence-corrected chi connectivity index (χ4v) is 4.98. The molecule has 1 unspecified atom stereocenters. The predicted molar refractivity (Wildman–Crippen MR) is 119 cm³/mol. The van der Waals surface area contributed by atoms with Gasteiger partial charge in [-0.2, -0.15) is 0 Å². The standard InChI is InChI=1S/C22H36N4O2.ClH/c1-16-14-20(17(2)26(16)18-8-4-3-5-9-18)22(28)25-13-7-6-10-19(25)15-24-21(27)11-12-23;/h14,18-19H,3-13,15,23H2,1-2H3,(H,24,27);1H. The average Bonchev–Trinajstić information content (AvgIpc) is 3.01. The van der Waals surface area contributed by atoms with Crippen LogP contribution in [0.1, 0.15) is 85.6 Å². The first-order valence-electron chi connectivity index (χ1n) is 11.0. The summed E-state index contributed by atoms with van der Waals surface area (Å²) in [7, 11) is 0. The van der Waals surface area contributed by atoms with Gasteiger partial charge in [-0.15, -0.1) is 12.4 Å². The lowest BCUT2D eigenvalue weighted by molar-refractivity contribution is -0.121. The first kappa shape index (κ1) is 23.7. The minimum Gasteiger partial charge on any atom is -0.354 e. The molecule has 29 heavy (non-hydrogen) atoms. The third-order valence-electron chi connectivity index (χ3n) is 6.45. The number of nitrogens with two attached hydrogens (primary N) is 1. The zero-order valence-electron chi connectivity index (χ0n) is 17.9. The molecule has 6 nitrogen and oxygen atoms in total. The summed E-state index contributed by atoms with van der Waals surface area (Å²) in [6.07, 6.45) is 9.71. The molecular formula is C22H37ClN4O2. The summed E-state index contributed by atoms with van der Waals surface area (Å²) < 4.78 is 2.40. The van der Waals surface area contributed by atoms with Crippen molar-refractivity contribution in [3.63, 3.8) is 0 Å². The Balaban J connectivity index is 0.00000300. The number of aromatic nitrogens is 1. The van der Waals surface area contributed by atoms with Gasteiger partial charge >= 0.3 is 0 Å². The van der Waals surface area contributed by atoms with Crippen molar-refractivity contribution in [2.75, 3.05) is 19.6 Å². The molecule has 1 aliphatic heterocycles. The molecule has 0 bridgehead atoms. The Morgan fingerprint density at radius 1 is 1.10 bits per heavy atom. The van der Waals surface area contributed by atoms with Crippen LogP contribution >= 0.6 is 12.4 Å². The number of nitrogens with one attached hydrogen (secondary N) is 1. The lowest BCUT2D eigenvalue weighted by Gasteiger charge is -2.36. The molecule has 164 valence electrons. The van der Waals surface area contributed by atoms with Crippen LogP contribution < -0.4 is 11.1 Å². The van der Waals surface area contributed by atoms with E-state index in [1.807, 2.05) is 4.90 Å². The van der Waals surface area contributed by atoms with Crippen LogP contribution in [0.25, 0.3) is 0 Å². The molecule has 1 saturated heterocycles. The molecule has 0 radical (unpaired) electrons. The van der Waals surface area contributed by atoms with E-state index in [1.165, 1.54) is 37.8 Å². The van der Waals surface area contributed by atoms with Gasteiger partial charge < -0.3 is 20.5 Å². The van der Waals surface area contributed by atoms with Gasteiger partial charge in [0.25, 0.3) is 5.91 Å². The van der Waals surface area contributed by atoms with E-state index in [-0.39, 0.29) is 30.3 Å². The van der Waals surface area contributed by atoms with Crippen LogP contribution in [0, 0.1) is 13.8 Å². The highest BCUT2D eigenvalue weighted by molar-refractivity contribution is 5.96. The van der Waals surface area contributed by atoms with Gasteiger partial charge in [0.05, 0.1) is 5.56 Å². The maximum Gasteiger partial charge on any atom is 0.255 e. The van der Waals surface area contributed by atoms with Crippen molar-refractivity contribution in [1.29, 1.82) is 0 Å². The molecule has 1 atom stereocenters. The highest BCUT2D eigenvalue weighted by Crippen LogP contribution is 2.33. The summed E-state index contributed by atoms with van der Waals surface area (Å²) >= 11 is 0. The van der Waals surface area contributed by atoms with E-state index < -0.39 is 0 Å². The number of amides is 2. The molecule has 0 spiro atoms. The second kappa shape index (κ2) is 11.0. The van der Waals surface area contributed by atoms with Gasteiger partial charge in [-0.1, -0.05) is 19.3 Å². The Kier molecular flexibility index (Phi) is 9.03. The SMILES string of the molecule is Cc1cc(C(=O)N2CCCCC2CNC(=O)CCN)c(C)n1C1CCCCC1.Cl. The Bertz CT molecular complexity index is 697. The monoisotopic (exact) mass is 424 g/mol. The largest absolute Gasteiger partial charge is 0.354 e. The van der Waals surface area contributed by atoms with Gasteiger partial charge in [0.2, 0.25) is 5.91 Å². The summed E-state index contributed by atoms with van der Waals surface area (Å²) in [5.41, 5.74) is 8.59. The molecule has 2 aliphatic rings. The number of piperidine rings is 1. The molecule has 3 rings (SSSR count). The van der Waals surface area contributed by atoms with Crippen molar-refractivity contribution in [2.45, 2.75) is 83.7 Å². The van der Waals surface area contributed by atoms with Crippen LogP contribution in [0.2, 0.25) is 0 Å². The second-order valence-electron chi connectivity index (χ2n) is 8.44. The molecule has 7 heteroatoms. The summed E-state index contributed by atoms with van der Waals surface area (Å²) in [5, 5.41) is 2.95. The quantitative estimate of drug-likeness (QED) is 0.733. The van der Waals surface area contributed by atoms with E-state index in [0.717, 1.165) is 37.1 Å². The van der Waals surface area contributed by atoms with Gasteiger partial charge in [-0.25, -0.2) is 0 Å². The van der Waals surface area contributed by atoms with Crippen molar-refractivity contribution in [3.8, 4) is 0 Å². The topological polar surface area (TPSA) is 80.4 Å². The zero-order valence-corrected chi connectivity index (χ0v) is 18.7. The van der Waals surface area contributed by atoms with Crippen LogP contribution in [-0.4, -0.2) is 47.0 Å². The fraction of sp³-hybridized carbons (Fsp3) is 0.727. The fourth-order valence-electron chi connectivity index (χ4n) is 4.98. The lowest BCUT2D eigenvalue weighted by atomic mass is 9.95. The highest BCUT2D eigenvalue weighted by Gasteiger charge is 2.31. The van der Waals surface area contributed by atoms with E-state index >= 15 is 0 Å². The molecule has 3 N–H and O–H groups in total. The van der Waals surface area contributed by atoms with Crippen molar-refractivity contribution in [3.05, 3.63) is 23.0 Å². The number of halogens is 1. The van der Waals surface area contributed by atoms with Crippen molar-refractivity contribution >= 4 is 24.2 Å². The molecule has 2 fully saturated rings. The molecule has 1 aromatic heterocycles. The second-order valence-corrected chi connectivity index (χ2v) is 8.44. The van der Waals surface area contributed by atoms with E-state index in [1.54, 1.807) is 0 Å². The summed E-state index contributed by atoms with van der Waals surface area (Å²) in [6, 6.07) is 2.68. The third-order valence-corrected chi connectivity index (χ3v) is 6.45. The maximum absolute atomic E-state index is 13.4. The summed E-state index contributed by atoms with van der Waals surface area (Å²) in [4.78, 5) is 27.2. The van der Waals surface area contributed by atoms with E-state index in [9.17, 15) is 9.59 Å². The number of aryl methyl sites for hydroxylation is 1. The number of nitrogens with zero attached hydrogens (tertiary/aromatic N) is 2. The molecule has 0 aromatic carbocycles. The minimum atomic E-state index is -0.0315. The van der Waals surface area contributed by atoms with Gasteiger partial charge in [0.1, 0.15) is 0 Å². The van der Waals surface area contributed by atoms with E-state index in [2.05, 4.69) is 29.8 Å². The summed E-state index contributed by atoms with van der Waals surface area (Å²) in [5.74, 6) is 0.0869. The lowest BCUT2D eigenvalue weighted by Crippen LogP contribution is -2.49. The highest BCUT2D eigenvalue weighted by atomic mass is 35.5. The molecular weight excluding hydrogens is 388 g/mol. The van der Waals surface area contributed by atoms with Crippen LogP contribution in [-0.2, 0) is 4.79 Å². The van der Waals surface area contributed by atoms with Crippen molar-refractivity contribution in [2.24, 2.45) is 5.73 Å². The number of hydrogen-bond donors (Lipinski definition) is 2. The number of rotatable bonds is 6. The van der Waals surface area contributed by atoms with Crippen molar-refractivity contribution < 1.29 is 9.59 Å². The van der Waals surface area contributed by atoms with Gasteiger partial charge in [0, 0.05) is 49.5 Å². The van der Waals surface area contributed by atoms with E-state index in [0.29, 0.717) is 25.6 Å². The van der Waals surface area contributed by atoms with Crippen LogP contribution in [0.3, 0.4) is 0 Å². The van der Waals surface area contributed by atoms with E-state index in [4.69, 9.17) is 5.73 Å². The number of carbonyl (C=O) groups is 2. The zero-order chi connectivity index (χ0) is 20.1. The number of carbonyl (C=O) groups excluding carboxylic acids is 2. The van der Waals surface area contributed by atoms with Crippen LogP contribution in [0.15, 0.2) is 6.07 Å². The maximum atomic E-state index is 13.4. The summed E-state index contributed by atoms with van der Waals surface area (Å²) in [6.45, 7) is 5.86. The Hall–Kier alpha value is -1.53. The van der Waals surface area contributed by atoms with Crippen molar-refractivity contribution in [1.82, 2.24) is 14.8 Å². The van der Waals surface area contributed by atoms with Crippen LogP contribution in [0.4, 0.5) is 0 Å². The minimum absolute atomic E-state index is 0. The molecule has 1 aliphatic carbocycles. The Labute approximate surface area is 181 Å². The van der Waals surface area contributed by atoms with Gasteiger partial charge in [-0.05, 0) is 52.0 Å². The van der Waals surface area contributed by atoms with Gasteiger partial charge in [-0.3, -0.25) is 9.59 Å². The first-order chi connectivity index (χ1) is 13.5. The smallest absolute Gasteiger partial charge is 0.255 e.